The van der Waals surface area contributed by atoms with Crippen molar-refractivity contribution in [3.63, 3.8) is 0 Å². The SMILES string of the molecule is CC(CO)C(C)(C)O[Si](=O)O.N. The second-order valence-electron chi connectivity index (χ2n) is 3.06. The van der Waals surface area contributed by atoms with Crippen molar-refractivity contribution in [3.8, 4) is 0 Å². The predicted octanol–water partition coefficient (Wildman–Crippen LogP) is -0.0203. The van der Waals surface area contributed by atoms with Gasteiger partial charge in [-0.15, -0.1) is 0 Å². The Kier molecular flexibility index (Phi) is 6.14. The molecule has 0 bridgehead atoms. The maximum absolute atomic E-state index is 10.3. The van der Waals surface area contributed by atoms with Crippen LogP contribution in [0.5, 0.6) is 0 Å². The molecule has 0 saturated carbocycles. The lowest BCUT2D eigenvalue weighted by atomic mass is 9.94. The van der Waals surface area contributed by atoms with E-state index in [1.165, 1.54) is 0 Å². The van der Waals surface area contributed by atoms with E-state index in [4.69, 9.17) is 14.3 Å². The van der Waals surface area contributed by atoms with Crippen molar-refractivity contribution in [1.82, 2.24) is 6.15 Å². The zero-order valence-corrected chi connectivity index (χ0v) is 8.70. The summed E-state index contributed by atoms with van der Waals surface area (Å²) in [7, 11) is -2.91. The Hall–Kier alpha value is -0.463. The first-order valence-electron chi connectivity index (χ1n) is 3.43. The third-order valence-electron chi connectivity index (χ3n) is 1.81. The van der Waals surface area contributed by atoms with Crippen LogP contribution in [0.1, 0.15) is 20.8 Å². The minimum atomic E-state index is -2.91. The van der Waals surface area contributed by atoms with Crippen LogP contribution in [0.25, 0.3) is 0 Å². The summed E-state index contributed by atoms with van der Waals surface area (Å²) >= 11 is 0. The van der Waals surface area contributed by atoms with Crippen molar-refractivity contribution in [2.24, 2.45) is 5.92 Å². The van der Waals surface area contributed by atoms with Gasteiger partial charge in [-0.2, -0.15) is 0 Å². The fourth-order valence-electron chi connectivity index (χ4n) is 0.545. The smallest absolute Gasteiger partial charge is 0.511 e. The monoisotopic (exact) mass is 195 g/mol. The fraction of sp³-hybridized carbons (Fsp3) is 1.00. The molecular formula is C6H17NO4Si. The quantitative estimate of drug-likeness (QED) is 0.547. The maximum Gasteiger partial charge on any atom is 0.765 e. The first-order valence-corrected chi connectivity index (χ1v) is 4.69. The molecule has 0 aromatic carbocycles. The zero-order chi connectivity index (χ0) is 9.07. The molecule has 0 spiro atoms. The summed E-state index contributed by atoms with van der Waals surface area (Å²) in [6.45, 7) is 5.05. The molecule has 0 aliphatic rings. The van der Waals surface area contributed by atoms with Gasteiger partial charge in [-0.05, 0) is 13.8 Å². The van der Waals surface area contributed by atoms with Crippen molar-refractivity contribution in [2.45, 2.75) is 26.4 Å². The Morgan fingerprint density at radius 2 is 2.00 bits per heavy atom. The average molecular weight is 195 g/mol. The molecule has 5 N–H and O–H groups in total. The third kappa shape index (κ3) is 4.42. The van der Waals surface area contributed by atoms with E-state index in [1.54, 1.807) is 20.8 Å². The van der Waals surface area contributed by atoms with Crippen LogP contribution in [0.4, 0.5) is 0 Å². The highest BCUT2D eigenvalue weighted by Gasteiger charge is 2.30. The van der Waals surface area contributed by atoms with E-state index in [-0.39, 0.29) is 18.7 Å². The lowest BCUT2D eigenvalue weighted by molar-refractivity contribution is 0.000346. The second-order valence-corrected chi connectivity index (χ2v) is 3.79. The fourth-order valence-corrected chi connectivity index (χ4v) is 1.20. The third-order valence-corrected chi connectivity index (χ3v) is 2.51. The van der Waals surface area contributed by atoms with Crippen LogP contribution >= 0.6 is 0 Å². The van der Waals surface area contributed by atoms with Gasteiger partial charge in [-0.1, -0.05) is 6.92 Å². The first kappa shape index (κ1) is 14.1. The molecular weight excluding hydrogens is 178 g/mol. The molecule has 1 unspecified atom stereocenters. The topological polar surface area (TPSA) is 102 Å². The van der Waals surface area contributed by atoms with Gasteiger partial charge in [0.2, 0.25) is 0 Å². The lowest BCUT2D eigenvalue weighted by Gasteiger charge is -2.29. The van der Waals surface area contributed by atoms with E-state index >= 15 is 0 Å². The zero-order valence-electron chi connectivity index (χ0n) is 7.70. The first-order chi connectivity index (χ1) is 4.90. The molecule has 0 amide bonds. The van der Waals surface area contributed by atoms with Gasteiger partial charge in [0.05, 0.1) is 5.60 Å². The molecule has 0 aromatic heterocycles. The van der Waals surface area contributed by atoms with Gasteiger partial charge in [-0.3, -0.25) is 4.46 Å². The van der Waals surface area contributed by atoms with Gasteiger partial charge in [-0.25, -0.2) is 0 Å². The molecule has 0 aliphatic heterocycles. The van der Waals surface area contributed by atoms with Crippen LogP contribution < -0.4 is 6.15 Å². The molecule has 0 aliphatic carbocycles. The highest BCUT2D eigenvalue weighted by atomic mass is 28.3. The molecule has 74 valence electrons. The molecule has 6 heteroatoms. The Morgan fingerprint density at radius 1 is 1.58 bits per heavy atom. The number of aliphatic hydroxyl groups is 1. The molecule has 5 nitrogen and oxygen atoms in total. The lowest BCUT2D eigenvalue weighted by Crippen LogP contribution is -2.37. The van der Waals surface area contributed by atoms with E-state index in [2.05, 4.69) is 0 Å². The Morgan fingerprint density at radius 3 is 2.25 bits per heavy atom. The van der Waals surface area contributed by atoms with Crippen LogP contribution in [0.3, 0.4) is 0 Å². The van der Waals surface area contributed by atoms with Gasteiger partial charge < -0.3 is 20.5 Å². The number of aliphatic hydroxyl groups excluding tert-OH is 1. The second kappa shape index (κ2) is 5.23. The summed E-state index contributed by atoms with van der Waals surface area (Å²) in [5, 5.41) is 8.73. The van der Waals surface area contributed by atoms with Gasteiger partial charge in [0.25, 0.3) is 0 Å². The molecule has 0 fully saturated rings. The van der Waals surface area contributed by atoms with Crippen LogP contribution in [-0.4, -0.2) is 31.3 Å². The summed E-state index contributed by atoms with van der Waals surface area (Å²) in [6.07, 6.45) is 0. The average Bonchev–Trinajstić information content (AvgIpc) is 1.83. The number of rotatable bonds is 4. The molecule has 12 heavy (non-hydrogen) atoms. The Bertz CT molecular complexity index is 150. The molecule has 0 aromatic rings. The van der Waals surface area contributed by atoms with Crippen molar-refractivity contribution in [2.75, 3.05) is 6.61 Å². The number of hydrogen-bond donors (Lipinski definition) is 3. The Balaban J connectivity index is 0. The Labute approximate surface area is 73.9 Å². The predicted molar refractivity (Wildman–Crippen MR) is 45.1 cm³/mol. The van der Waals surface area contributed by atoms with E-state index < -0.39 is 14.8 Å². The molecule has 1 atom stereocenters. The van der Waals surface area contributed by atoms with Crippen molar-refractivity contribution in [1.29, 1.82) is 0 Å². The summed E-state index contributed by atoms with van der Waals surface area (Å²) in [6, 6.07) is 0. The molecule has 0 saturated heterocycles. The van der Waals surface area contributed by atoms with Gasteiger partial charge in [0, 0.05) is 12.5 Å². The van der Waals surface area contributed by atoms with E-state index in [9.17, 15) is 4.46 Å². The summed E-state index contributed by atoms with van der Waals surface area (Å²) in [4.78, 5) is 8.47. The number of hydrogen-bond acceptors (Lipinski definition) is 4. The largest absolute Gasteiger partial charge is 0.765 e. The van der Waals surface area contributed by atoms with Gasteiger partial charge in [0.15, 0.2) is 0 Å². The van der Waals surface area contributed by atoms with Crippen molar-refractivity contribution in [3.05, 3.63) is 0 Å². The summed E-state index contributed by atoms with van der Waals surface area (Å²) in [5.41, 5.74) is -0.737. The van der Waals surface area contributed by atoms with Crippen LogP contribution in [-0.2, 0) is 8.89 Å². The van der Waals surface area contributed by atoms with Crippen LogP contribution in [0, 0.1) is 5.92 Å². The van der Waals surface area contributed by atoms with Gasteiger partial charge >= 0.3 is 9.17 Å². The van der Waals surface area contributed by atoms with Gasteiger partial charge in [0.1, 0.15) is 0 Å². The van der Waals surface area contributed by atoms with Crippen LogP contribution in [0.15, 0.2) is 0 Å². The highest BCUT2D eigenvalue weighted by Crippen LogP contribution is 2.19. The van der Waals surface area contributed by atoms with E-state index in [1.807, 2.05) is 0 Å². The minimum absolute atomic E-state index is 0. The highest BCUT2D eigenvalue weighted by molar-refractivity contribution is 6.24. The summed E-state index contributed by atoms with van der Waals surface area (Å²) in [5.74, 6) is -0.149. The van der Waals surface area contributed by atoms with Crippen molar-refractivity contribution >= 4 is 9.17 Å². The van der Waals surface area contributed by atoms with Crippen LogP contribution in [0.2, 0.25) is 0 Å². The molecule has 0 heterocycles. The van der Waals surface area contributed by atoms with E-state index in [0.717, 1.165) is 0 Å². The maximum atomic E-state index is 10.3. The molecule has 0 rings (SSSR count). The normalized spacial score (nSPS) is 13.0. The van der Waals surface area contributed by atoms with E-state index in [0.29, 0.717) is 0 Å². The van der Waals surface area contributed by atoms with Crippen molar-refractivity contribution < 1.29 is 18.8 Å². The standard InChI is InChI=1S/C6H14O4Si.H3N/c1-5(4-7)6(2,3)10-11(8)9;/h5,7-8H,4H2,1-3H3;1H3. The summed E-state index contributed by atoms with van der Waals surface area (Å²) < 4.78 is 15.0. The minimum Gasteiger partial charge on any atom is -0.511 e. The molecule has 0 radical (unpaired) electrons.